The molecule has 0 spiro atoms. The van der Waals surface area contributed by atoms with Crippen LogP contribution in [0.25, 0.3) is 28.0 Å². The van der Waals surface area contributed by atoms with Crippen LogP contribution in [-0.4, -0.2) is 36.0 Å². The SMILES string of the molecule is N#C/C(=C(/O)CSc1n[nH]c(-c2ccccc2F)n1)c1nc2ccccc2[nH]1. The molecular weight excluding hydrogens is 379 g/mol. The number of fused-ring (bicyclic) bond motifs is 1. The maximum absolute atomic E-state index is 13.8. The van der Waals surface area contributed by atoms with Crippen LogP contribution >= 0.6 is 11.8 Å². The number of aromatic nitrogens is 5. The van der Waals surface area contributed by atoms with Gasteiger partial charge in [0.2, 0.25) is 5.16 Å². The fourth-order valence-electron chi connectivity index (χ4n) is 2.62. The Morgan fingerprint density at radius 2 is 1.93 bits per heavy atom. The molecule has 9 heteroatoms. The molecule has 28 heavy (non-hydrogen) atoms. The lowest BCUT2D eigenvalue weighted by molar-refractivity contribution is 0.420. The lowest BCUT2D eigenvalue weighted by Crippen LogP contribution is -1.95. The minimum Gasteiger partial charge on any atom is -0.510 e. The summed E-state index contributed by atoms with van der Waals surface area (Å²) in [5.74, 6) is 0.0956. The smallest absolute Gasteiger partial charge is 0.209 e. The number of halogens is 1. The maximum Gasteiger partial charge on any atom is 0.209 e. The van der Waals surface area contributed by atoms with E-state index in [4.69, 9.17) is 0 Å². The zero-order valence-electron chi connectivity index (χ0n) is 14.3. The largest absolute Gasteiger partial charge is 0.510 e. The molecule has 0 fully saturated rings. The minimum absolute atomic E-state index is 0.0496. The van der Waals surface area contributed by atoms with Crippen LogP contribution in [0.4, 0.5) is 4.39 Å². The third-order valence-electron chi connectivity index (χ3n) is 3.96. The van der Waals surface area contributed by atoms with Crippen molar-refractivity contribution in [2.45, 2.75) is 5.16 Å². The molecule has 0 radical (unpaired) electrons. The Kier molecular flexibility index (Phi) is 4.78. The van der Waals surface area contributed by atoms with Gasteiger partial charge >= 0.3 is 0 Å². The van der Waals surface area contributed by atoms with Crippen LogP contribution in [0.3, 0.4) is 0 Å². The number of nitrogens with zero attached hydrogens (tertiary/aromatic N) is 4. The quantitative estimate of drug-likeness (QED) is 0.268. The molecule has 138 valence electrons. The molecule has 3 N–H and O–H groups in total. The third kappa shape index (κ3) is 3.45. The Balaban J connectivity index is 1.53. The van der Waals surface area contributed by atoms with E-state index in [2.05, 4.69) is 25.1 Å². The van der Waals surface area contributed by atoms with Crippen LogP contribution in [0, 0.1) is 17.1 Å². The van der Waals surface area contributed by atoms with Gasteiger partial charge in [-0.3, -0.25) is 5.10 Å². The molecule has 0 amide bonds. The van der Waals surface area contributed by atoms with Crippen molar-refractivity contribution < 1.29 is 9.50 Å². The number of aliphatic hydroxyl groups excluding tert-OH is 1. The van der Waals surface area contributed by atoms with Crippen molar-refractivity contribution in [2.24, 2.45) is 0 Å². The van der Waals surface area contributed by atoms with Gasteiger partial charge in [0.05, 0.1) is 22.3 Å². The average molecular weight is 392 g/mol. The number of hydrogen-bond donors (Lipinski definition) is 3. The Morgan fingerprint density at radius 1 is 1.14 bits per heavy atom. The maximum atomic E-state index is 13.8. The number of para-hydroxylation sites is 2. The topological polar surface area (TPSA) is 114 Å². The van der Waals surface area contributed by atoms with Crippen molar-refractivity contribution in [3.63, 3.8) is 0 Å². The Morgan fingerprint density at radius 3 is 2.71 bits per heavy atom. The van der Waals surface area contributed by atoms with Crippen molar-refractivity contribution in [3.05, 3.63) is 65.9 Å². The average Bonchev–Trinajstić information content (AvgIpc) is 3.34. The van der Waals surface area contributed by atoms with Crippen molar-refractivity contribution in [3.8, 4) is 17.5 Å². The number of rotatable bonds is 5. The molecule has 0 aliphatic rings. The number of benzene rings is 2. The summed E-state index contributed by atoms with van der Waals surface area (Å²) in [4.78, 5) is 11.6. The molecule has 0 saturated carbocycles. The number of hydrogen-bond acceptors (Lipinski definition) is 6. The second-order valence-electron chi connectivity index (χ2n) is 5.77. The van der Waals surface area contributed by atoms with E-state index in [1.807, 2.05) is 30.3 Å². The highest BCUT2D eigenvalue weighted by atomic mass is 32.2. The Hall–Kier alpha value is -3.64. The Labute approximate surface area is 163 Å². The molecule has 0 unspecified atom stereocenters. The van der Waals surface area contributed by atoms with E-state index in [0.717, 1.165) is 17.3 Å². The van der Waals surface area contributed by atoms with Gasteiger partial charge in [-0.2, -0.15) is 5.26 Å². The van der Waals surface area contributed by atoms with Crippen LogP contribution in [0.1, 0.15) is 5.82 Å². The summed E-state index contributed by atoms with van der Waals surface area (Å²) in [5, 5.41) is 26.8. The molecule has 2 aromatic heterocycles. The number of aromatic amines is 2. The van der Waals surface area contributed by atoms with Gasteiger partial charge in [0, 0.05) is 0 Å². The number of thioether (sulfide) groups is 1. The van der Waals surface area contributed by atoms with Gasteiger partial charge in [-0.15, -0.1) is 5.10 Å². The van der Waals surface area contributed by atoms with Crippen molar-refractivity contribution in [2.75, 3.05) is 5.75 Å². The summed E-state index contributed by atoms with van der Waals surface area (Å²) in [6.45, 7) is 0. The number of allylic oxidation sites excluding steroid dienone is 1. The second-order valence-corrected chi connectivity index (χ2v) is 6.71. The number of nitrogens with one attached hydrogen (secondary N) is 2. The van der Waals surface area contributed by atoms with Gasteiger partial charge in [0.1, 0.15) is 23.2 Å². The number of nitriles is 1. The summed E-state index contributed by atoms with van der Waals surface area (Å²) in [6, 6.07) is 15.6. The monoisotopic (exact) mass is 392 g/mol. The van der Waals surface area contributed by atoms with E-state index in [-0.39, 0.29) is 17.1 Å². The summed E-state index contributed by atoms with van der Waals surface area (Å²) in [7, 11) is 0. The zero-order chi connectivity index (χ0) is 19.5. The van der Waals surface area contributed by atoms with E-state index in [1.165, 1.54) is 6.07 Å². The predicted octanol–water partition coefficient (Wildman–Crippen LogP) is 4.07. The summed E-state index contributed by atoms with van der Waals surface area (Å²) in [5.41, 5.74) is 1.83. The van der Waals surface area contributed by atoms with Crippen molar-refractivity contribution in [1.82, 2.24) is 25.1 Å². The molecule has 4 rings (SSSR count). The van der Waals surface area contributed by atoms with Crippen LogP contribution in [0.15, 0.2) is 59.4 Å². The van der Waals surface area contributed by atoms with Gasteiger partial charge in [0.15, 0.2) is 11.6 Å². The molecule has 2 aromatic carbocycles. The highest BCUT2D eigenvalue weighted by molar-refractivity contribution is 7.99. The molecule has 4 aromatic rings. The molecular formula is C19H13FN6OS. The van der Waals surface area contributed by atoms with Crippen LogP contribution in [0.2, 0.25) is 0 Å². The molecule has 0 atom stereocenters. The first-order chi connectivity index (χ1) is 13.7. The molecule has 0 bridgehead atoms. The standard InChI is InChI=1S/C19H13FN6OS/c20-13-6-2-1-5-11(13)18-24-19(26-25-18)28-10-16(27)12(9-21)17-22-14-7-3-4-8-15(14)23-17/h1-8,27H,10H2,(H,22,23)(H,24,25,26)/b16-12-. The lowest BCUT2D eigenvalue weighted by atomic mass is 10.2. The highest BCUT2D eigenvalue weighted by Gasteiger charge is 2.15. The molecule has 0 aliphatic heterocycles. The lowest BCUT2D eigenvalue weighted by Gasteiger charge is -2.00. The second kappa shape index (κ2) is 7.54. The van der Waals surface area contributed by atoms with Crippen LogP contribution < -0.4 is 0 Å². The number of H-pyrrole nitrogens is 2. The first-order valence-corrected chi connectivity index (χ1v) is 9.21. The first-order valence-electron chi connectivity index (χ1n) is 8.23. The molecule has 0 saturated heterocycles. The molecule has 2 heterocycles. The summed E-state index contributed by atoms with van der Waals surface area (Å²) in [6.07, 6.45) is 0. The van der Waals surface area contributed by atoms with Crippen LogP contribution in [-0.2, 0) is 0 Å². The fourth-order valence-corrected chi connectivity index (χ4v) is 3.29. The first kappa shape index (κ1) is 17.8. The predicted molar refractivity (Wildman–Crippen MR) is 104 cm³/mol. The number of imidazole rings is 1. The molecule has 0 aliphatic carbocycles. The Bertz CT molecular complexity index is 1190. The van der Waals surface area contributed by atoms with E-state index >= 15 is 0 Å². The van der Waals surface area contributed by atoms with Gasteiger partial charge in [-0.25, -0.2) is 14.4 Å². The van der Waals surface area contributed by atoms with Crippen molar-refractivity contribution in [1.29, 1.82) is 5.26 Å². The minimum atomic E-state index is -0.408. The normalized spacial score (nSPS) is 12.0. The summed E-state index contributed by atoms with van der Waals surface area (Å²) >= 11 is 1.12. The van der Waals surface area contributed by atoms with Gasteiger partial charge in [-0.1, -0.05) is 36.0 Å². The van der Waals surface area contributed by atoms with E-state index < -0.39 is 5.82 Å². The zero-order valence-corrected chi connectivity index (χ0v) is 15.2. The van der Waals surface area contributed by atoms with E-state index in [1.54, 1.807) is 18.2 Å². The van der Waals surface area contributed by atoms with E-state index in [9.17, 15) is 14.8 Å². The van der Waals surface area contributed by atoms with Crippen molar-refractivity contribution >= 4 is 28.4 Å². The van der Waals surface area contributed by atoms with Crippen LogP contribution in [0.5, 0.6) is 0 Å². The number of aliphatic hydroxyl groups is 1. The fraction of sp³-hybridized carbons (Fsp3) is 0.0526. The molecule has 7 nitrogen and oxygen atoms in total. The highest BCUT2D eigenvalue weighted by Crippen LogP contribution is 2.25. The van der Waals surface area contributed by atoms with Gasteiger partial charge in [-0.05, 0) is 24.3 Å². The van der Waals surface area contributed by atoms with Gasteiger partial charge < -0.3 is 10.1 Å². The summed E-state index contributed by atoms with van der Waals surface area (Å²) < 4.78 is 13.8. The van der Waals surface area contributed by atoms with Gasteiger partial charge in [0.25, 0.3) is 0 Å². The third-order valence-corrected chi connectivity index (χ3v) is 4.82. The van der Waals surface area contributed by atoms with E-state index in [0.29, 0.717) is 27.9 Å².